The SMILES string of the molecule is O=C(Cc1nc2cccc(NCc3cccnc3)n2n1)C1CC1. The van der Waals surface area contributed by atoms with Gasteiger partial charge in [-0.05, 0) is 36.6 Å². The molecule has 0 saturated heterocycles. The molecule has 116 valence electrons. The summed E-state index contributed by atoms with van der Waals surface area (Å²) in [5.41, 5.74) is 1.84. The van der Waals surface area contributed by atoms with E-state index in [0.29, 0.717) is 18.8 Å². The van der Waals surface area contributed by atoms with E-state index in [1.807, 2.05) is 36.5 Å². The molecule has 0 radical (unpaired) electrons. The van der Waals surface area contributed by atoms with E-state index in [2.05, 4.69) is 20.4 Å². The molecule has 6 heteroatoms. The molecule has 3 heterocycles. The molecule has 3 aromatic rings. The van der Waals surface area contributed by atoms with Crippen molar-refractivity contribution in [3.05, 3.63) is 54.1 Å². The van der Waals surface area contributed by atoms with Crippen LogP contribution < -0.4 is 5.32 Å². The topological polar surface area (TPSA) is 72.2 Å². The molecule has 3 aromatic heterocycles. The number of anilines is 1. The molecule has 0 atom stereocenters. The molecule has 1 N–H and O–H groups in total. The fourth-order valence-corrected chi connectivity index (χ4v) is 2.56. The van der Waals surface area contributed by atoms with E-state index < -0.39 is 0 Å². The number of hydrogen-bond acceptors (Lipinski definition) is 5. The lowest BCUT2D eigenvalue weighted by Crippen LogP contribution is -2.07. The first-order chi connectivity index (χ1) is 11.3. The first-order valence-corrected chi connectivity index (χ1v) is 7.80. The van der Waals surface area contributed by atoms with Gasteiger partial charge in [0.2, 0.25) is 0 Å². The maximum absolute atomic E-state index is 11.9. The lowest BCUT2D eigenvalue weighted by atomic mass is 10.2. The number of nitrogens with zero attached hydrogens (tertiary/aromatic N) is 4. The Morgan fingerprint density at radius 2 is 2.17 bits per heavy atom. The predicted octanol–water partition coefficient (Wildman–Crippen LogP) is 2.26. The molecule has 0 unspecified atom stereocenters. The van der Waals surface area contributed by atoms with Gasteiger partial charge in [0.1, 0.15) is 11.6 Å². The third kappa shape index (κ3) is 3.06. The summed E-state index contributed by atoms with van der Waals surface area (Å²) in [6, 6.07) is 9.70. The summed E-state index contributed by atoms with van der Waals surface area (Å²) in [6.07, 6.45) is 5.95. The monoisotopic (exact) mass is 307 g/mol. The third-order valence-electron chi connectivity index (χ3n) is 3.97. The predicted molar refractivity (Wildman–Crippen MR) is 86.0 cm³/mol. The number of nitrogens with one attached hydrogen (secondary N) is 1. The molecule has 0 bridgehead atoms. The van der Waals surface area contributed by atoms with Crippen LogP contribution in [-0.2, 0) is 17.8 Å². The number of aromatic nitrogens is 4. The van der Waals surface area contributed by atoms with Gasteiger partial charge in [-0.15, -0.1) is 5.10 Å². The van der Waals surface area contributed by atoms with Crippen molar-refractivity contribution >= 4 is 17.2 Å². The molecule has 1 aliphatic carbocycles. The highest BCUT2D eigenvalue weighted by atomic mass is 16.1. The van der Waals surface area contributed by atoms with Gasteiger partial charge < -0.3 is 5.32 Å². The Bertz CT molecular complexity index is 839. The van der Waals surface area contributed by atoms with Crippen LogP contribution in [0.25, 0.3) is 5.65 Å². The second kappa shape index (κ2) is 5.79. The number of hydrogen-bond donors (Lipinski definition) is 1. The van der Waals surface area contributed by atoms with Crippen LogP contribution in [0.3, 0.4) is 0 Å². The number of rotatable bonds is 6. The van der Waals surface area contributed by atoms with Crippen LogP contribution in [0.5, 0.6) is 0 Å². The number of pyridine rings is 2. The van der Waals surface area contributed by atoms with Gasteiger partial charge in [0.05, 0.1) is 6.42 Å². The molecule has 4 rings (SSSR count). The van der Waals surface area contributed by atoms with E-state index >= 15 is 0 Å². The van der Waals surface area contributed by atoms with Crippen molar-refractivity contribution in [2.45, 2.75) is 25.8 Å². The van der Waals surface area contributed by atoms with Crippen molar-refractivity contribution in [2.75, 3.05) is 5.32 Å². The Labute approximate surface area is 133 Å². The summed E-state index contributed by atoms with van der Waals surface area (Å²) >= 11 is 0. The van der Waals surface area contributed by atoms with Gasteiger partial charge in [0, 0.05) is 24.9 Å². The van der Waals surface area contributed by atoms with Crippen molar-refractivity contribution in [1.82, 2.24) is 19.6 Å². The normalized spacial score (nSPS) is 14.1. The Morgan fingerprint density at radius 1 is 1.26 bits per heavy atom. The third-order valence-corrected chi connectivity index (χ3v) is 3.97. The summed E-state index contributed by atoms with van der Waals surface area (Å²) in [7, 11) is 0. The number of ketones is 1. The average Bonchev–Trinajstić information content (AvgIpc) is 3.34. The van der Waals surface area contributed by atoms with Crippen molar-refractivity contribution in [3.8, 4) is 0 Å². The van der Waals surface area contributed by atoms with Gasteiger partial charge >= 0.3 is 0 Å². The van der Waals surface area contributed by atoms with E-state index in [4.69, 9.17) is 0 Å². The second-order valence-electron chi connectivity index (χ2n) is 5.84. The fourth-order valence-electron chi connectivity index (χ4n) is 2.56. The molecule has 0 aromatic carbocycles. The lowest BCUT2D eigenvalue weighted by molar-refractivity contribution is -0.119. The number of fused-ring (bicyclic) bond motifs is 1. The summed E-state index contributed by atoms with van der Waals surface area (Å²) in [5.74, 6) is 1.94. The maximum Gasteiger partial charge on any atom is 0.159 e. The van der Waals surface area contributed by atoms with E-state index in [1.165, 1.54) is 0 Å². The summed E-state index contributed by atoms with van der Waals surface area (Å²) in [5, 5.41) is 7.82. The molecule has 0 aliphatic heterocycles. The molecule has 6 nitrogen and oxygen atoms in total. The highest BCUT2D eigenvalue weighted by Crippen LogP contribution is 2.30. The molecule has 0 spiro atoms. The number of carbonyl (C=O) groups is 1. The molecular weight excluding hydrogens is 290 g/mol. The first kappa shape index (κ1) is 13.9. The Balaban J connectivity index is 1.54. The number of Topliss-reactive ketones (excluding diaryl/α,β-unsaturated/α-hetero) is 1. The van der Waals surface area contributed by atoms with Crippen molar-refractivity contribution in [3.63, 3.8) is 0 Å². The van der Waals surface area contributed by atoms with Crippen molar-refractivity contribution in [2.24, 2.45) is 5.92 Å². The van der Waals surface area contributed by atoms with Crippen molar-refractivity contribution < 1.29 is 4.79 Å². The van der Waals surface area contributed by atoms with Crippen LogP contribution in [0.1, 0.15) is 24.2 Å². The Morgan fingerprint density at radius 3 is 2.96 bits per heavy atom. The highest BCUT2D eigenvalue weighted by Gasteiger charge is 2.30. The molecule has 1 fully saturated rings. The zero-order chi connectivity index (χ0) is 15.6. The number of carbonyl (C=O) groups excluding carboxylic acids is 1. The van der Waals surface area contributed by atoms with Crippen LogP contribution in [0.15, 0.2) is 42.7 Å². The van der Waals surface area contributed by atoms with Gasteiger partial charge in [-0.25, -0.2) is 4.98 Å². The maximum atomic E-state index is 11.9. The largest absolute Gasteiger partial charge is 0.366 e. The molecule has 1 aliphatic rings. The van der Waals surface area contributed by atoms with Crippen LogP contribution in [0.2, 0.25) is 0 Å². The van der Waals surface area contributed by atoms with Crippen LogP contribution in [0.4, 0.5) is 5.82 Å². The average molecular weight is 307 g/mol. The quantitative estimate of drug-likeness (QED) is 0.756. The Kier molecular flexibility index (Phi) is 3.49. The van der Waals surface area contributed by atoms with Gasteiger partial charge in [-0.3, -0.25) is 9.78 Å². The lowest BCUT2D eigenvalue weighted by Gasteiger charge is -2.07. The zero-order valence-electron chi connectivity index (χ0n) is 12.6. The Hall–Kier alpha value is -2.76. The van der Waals surface area contributed by atoms with Crippen LogP contribution >= 0.6 is 0 Å². The standard InChI is InChI=1S/C17H17N5O/c23-14(13-6-7-13)9-15-20-17-5-1-4-16(22(17)21-15)19-11-12-3-2-8-18-10-12/h1-5,8,10,13,19H,6-7,9,11H2. The smallest absolute Gasteiger partial charge is 0.159 e. The molecular formula is C17H17N5O. The van der Waals surface area contributed by atoms with E-state index in [1.54, 1.807) is 10.7 Å². The van der Waals surface area contributed by atoms with Gasteiger partial charge in [-0.1, -0.05) is 12.1 Å². The first-order valence-electron chi connectivity index (χ1n) is 7.80. The fraction of sp³-hybridized carbons (Fsp3) is 0.294. The minimum absolute atomic E-state index is 0.241. The van der Waals surface area contributed by atoms with E-state index in [9.17, 15) is 4.79 Å². The van der Waals surface area contributed by atoms with Gasteiger partial charge in [0.15, 0.2) is 11.5 Å². The summed E-state index contributed by atoms with van der Waals surface area (Å²) in [6.45, 7) is 0.656. The van der Waals surface area contributed by atoms with Gasteiger partial charge in [0.25, 0.3) is 0 Å². The summed E-state index contributed by atoms with van der Waals surface area (Å²) in [4.78, 5) is 20.5. The van der Waals surface area contributed by atoms with E-state index in [-0.39, 0.29) is 11.7 Å². The van der Waals surface area contributed by atoms with E-state index in [0.717, 1.165) is 29.9 Å². The highest BCUT2D eigenvalue weighted by molar-refractivity contribution is 5.84. The molecule has 23 heavy (non-hydrogen) atoms. The minimum atomic E-state index is 0.241. The molecule has 1 saturated carbocycles. The minimum Gasteiger partial charge on any atom is -0.366 e. The van der Waals surface area contributed by atoms with Crippen LogP contribution in [0, 0.1) is 5.92 Å². The van der Waals surface area contributed by atoms with Crippen LogP contribution in [-0.4, -0.2) is 25.4 Å². The molecule has 0 amide bonds. The second-order valence-corrected chi connectivity index (χ2v) is 5.84. The summed E-state index contributed by atoms with van der Waals surface area (Å²) < 4.78 is 1.76. The van der Waals surface area contributed by atoms with Gasteiger partial charge in [-0.2, -0.15) is 4.52 Å². The van der Waals surface area contributed by atoms with Crippen molar-refractivity contribution in [1.29, 1.82) is 0 Å². The zero-order valence-corrected chi connectivity index (χ0v) is 12.6.